The topological polar surface area (TPSA) is 84.9 Å². The Morgan fingerprint density at radius 1 is 1.42 bits per heavy atom. The SMILES string of the molecule is COC(=O)CC1C(=O)NCCN1C(=O)c1cccc(OC(F)F)c1. The number of ether oxygens (including phenoxy) is 2. The molecule has 0 bridgehead atoms. The number of carbonyl (C=O) groups excluding carboxylic acids is 3. The number of amides is 2. The molecule has 130 valence electrons. The van der Waals surface area contributed by atoms with Crippen molar-refractivity contribution in [1.82, 2.24) is 10.2 Å². The largest absolute Gasteiger partial charge is 0.469 e. The van der Waals surface area contributed by atoms with E-state index in [2.05, 4.69) is 14.8 Å². The van der Waals surface area contributed by atoms with Gasteiger partial charge in [0.25, 0.3) is 5.91 Å². The maximum absolute atomic E-state index is 12.6. The first kappa shape index (κ1) is 17.6. The first-order valence-corrected chi connectivity index (χ1v) is 7.12. The average molecular weight is 342 g/mol. The molecule has 0 radical (unpaired) electrons. The Bertz CT molecular complexity index is 638. The van der Waals surface area contributed by atoms with Gasteiger partial charge in [0, 0.05) is 18.7 Å². The van der Waals surface area contributed by atoms with Gasteiger partial charge in [0.2, 0.25) is 5.91 Å². The Labute approximate surface area is 136 Å². The lowest BCUT2D eigenvalue weighted by Gasteiger charge is -2.34. The van der Waals surface area contributed by atoms with Gasteiger partial charge < -0.3 is 19.7 Å². The third-order valence-electron chi connectivity index (χ3n) is 3.49. The van der Waals surface area contributed by atoms with Crippen LogP contribution in [0.15, 0.2) is 24.3 Å². The summed E-state index contributed by atoms with van der Waals surface area (Å²) in [7, 11) is 1.18. The highest BCUT2D eigenvalue weighted by Gasteiger charge is 2.35. The third-order valence-corrected chi connectivity index (χ3v) is 3.49. The van der Waals surface area contributed by atoms with Gasteiger partial charge in [-0.25, -0.2) is 0 Å². The minimum atomic E-state index is -3.01. The number of methoxy groups -OCH3 is 1. The molecule has 9 heteroatoms. The van der Waals surface area contributed by atoms with Crippen molar-refractivity contribution in [1.29, 1.82) is 0 Å². The molecule has 24 heavy (non-hydrogen) atoms. The molecule has 1 atom stereocenters. The standard InChI is InChI=1S/C15H16F2N2O5/c1-23-12(20)8-11-13(21)18-5-6-19(11)14(22)9-3-2-4-10(7-9)24-15(16)17/h2-4,7,11,15H,5-6,8H2,1H3,(H,18,21). The summed E-state index contributed by atoms with van der Waals surface area (Å²) in [6.07, 6.45) is -0.290. The molecule has 1 aliphatic rings. The van der Waals surface area contributed by atoms with Gasteiger partial charge in [-0.2, -0.15) is 8.78 Å². The van der Waals surface area contributed by atoms with Crippen LogP contribution < -0.4 is 10.1 Å². The first-order chi connectivity index (χ1) is 11.4. The Morgan fingerprint density at radius 2 is 2.17 bits per heavy atom. The molecule has 1 aromatic rings. The van der Waals surface area contributed by atoms with Crippen LogP contribution in [0.3, 0.4) is 0 Å². The molecule has 0 spiro atoms. The van der Waals surface area contributed by atoms with E-state index in [1.54, 1.807) is 0 Å². The molecule has 1 aromatic carbocycles. The second-order valence-electron chi connectivity index (χ2n) is 4.99. The van der Waals surface area contributed by atoms with Crippen molar-refractivity contribution in [3.8, 4) is 5.75 Å². The predicted molar refractivity (Wildman–Crippen MR) is 77.5 cm³/mol. The smallest absolute Gasteiger partial charge is 0.387 e. The van der Waals surface area contributed by atoms with E-state index in [4.69, 9.17) is 0 Å². The fourth-order valence-electron chi connectivity index (χ4n) is 2.37. The molecule has 1 N–H and O–H groups in total. The summed E-state index contributed by atoms with van der Waals surface area (Å²) < 4.78 is 33.4. The molecular formula is C15H16F2N2O5. The summed E-state index contributed by atoms with van der Waals surface area (Å²) >= 11 is 0. The van der Waals surface area contributed by atoms with E-state index < -0.39 is 30.4 Å². The van der Waals surface area contributed by atoms with E-state index in [-0.39, 0.29) is 30.8 Å². The number of esters is 1. The average Bonchev–Trinajstić information content (AvgIpc) is 2.55. The Balaban J connectivity index is 2.22. The molecule has 0 aliphatic carbocycles. The van der Waals surface area contributed by atoms with Gasteiger partial charge in [-0.05, 0) is 18.2 Å². The van der Waals surface area contributed by atoms with Gasteiger partial charge in [0.1, 0.15) is 11.8 Å². The van der Waals surface area contributed by atoms with Crippen LogP contribution >= 0.6 is 0 Å². The fraction of sp³-hybridized carbons (Fsp3) is 0.400. The molecule has 1 saturated heterocycles. The van der Waals surface area contributed by atoms with Crippen molar-refractivity contribution < 1.29 is 32.6 Å². The summed E-state index contributed by atoms with van der Waals surface area (Å²) in [6, 6.07) is 4.25. The molecule has 2 rings (SSSR count). The monoisotopic (exact) mass is 342 g/mol. The summed E-state index contributed by atoms with van der Waals surface area (Å²) in [5.41, 5.74) is 0.0812. The van der Waals surface area contributed by atoms with Crippen LogP contribution in [0.1, 0.15) is 16.8 Å². The number of carbonyl (C=O) groups is 3. The lowest BCUT2D eigenvalue weighted by Crippen LogP contribution is -2.57. The van der Waals surface area contributed by atoms with Gasteiger partial charge in [0.15, 0.2) is 0 Å². The normalized spacial score (nSPS) is 17.4. The number of alkyl halides is 2. The number of nitrogens with one attached hydrogen (secondary N) is 1. The zero-order valence-electron chi connectivity index (χ0n) is 12.8. The zero-order valence-corrected chi connectivity index (χ0v) is 12.8. The maximum Gasteiger partial charge on any atom is 0.387 e. The quantitative estimate of drug-likeness (QED) is 0.800. The van der Waals surface area contributed by atoms with Crippen LogP contribution in [0.25, 0.3) is 0 Å². The second kappa shape index (κ2) is 7.71. The minimum absolute atomic E-state index is 0.0812. The lowest BCUT2D eigenvalue weighted by atomic mass is 10.1. The summed E-state index contributed by atoms with van der Waals surface area (Å²) in [5, 5.41) is 2.57. The Morgan fingerprint density at radius 3 is 2.83 bits per heavy atom. The van der Waals surface area contributed by atoms with Gasteiger partial charge in [-0.15, -0.1) is 0 Å². The molecular weight excluding hydrogens is 326 g/mol. The number of halogens is 2. The molecule has 1 heterocycles. The summed E-state index contributed by atoms with van der Waals surface area (Å²) in [4.78, 5) is 37.3. The predicted octanol–water partition coefficient (Wildman–Crippen LogP) is 0.792. The number of hydrogen-bond donors (Lipinski definition) is 1. The van der Waals surface area contributed by atoms with E-state index in [9.17, 15) is 23.2 Å². The highest BCUT2D eigenvalue weighted by molar-refractivity contribution is 5.99. The third kappa shape index (κ3) is 4.18. The van der Waals surface area contributed by atoms with E-state index in [1.807, 2.05) is 0 Å². The van der Waals surface area contributed by atoms with Crippen molar-refractivity contribution >= 4 is 17.8 Å². The van der Waals surface area contributed by atoms with Crippen LogP contribution in [0, 0.1) is 0 Å². The van der Waals surface area contributed by atoms with E-state index in [1.165, 1.54) is 30.2 Å². The number of hydrogen-bond acceptors (Lipinski definition) is 5. The van der Waals surface area contributed by atoms with Gasteiger partial charge in [-0.1, -0.05) is 6.07 Å². The number of rotatable bonds is 5. The van der Waals surface area contributed by atoms with E-state index in [0.717, 1.165) is 6.07 Å². The minimum Gasteiger partial charge on any atom is -0.469 e. The second-order valence-corrected chi connectivity index (χ2v) is 4.99. The molecule has 0 saturated carbocycles. The van der Waals surface area contributed by atoms with Crippen LogP contribution in [-0.4, -0.2) is 55.5 Å². The molecule has 7 nitrogen and oxygen atoms in total. The number of nitrogens with zero attached hydrogens (tertiary/aromatic N) is 1. The fourth-order valence-corrected chi connectivity index (χ4v) is 2.37. The van der Waals surface area contributed by atoms with Crippen molar-refractivity contribution in [3.63, 3.8) is 0 Å². The highest BCUT2D eigenvalue weighted by atomic mass is 19.3. The Hall–Kier alpha value is -2.71. The van der Waals surface area contributed by atoms with Crippen molar-refractivity contribution in [2.45, 2.75) is 19.1 Å². The molecule has 2 amide bonds. The van der Waals surface area contributed by atoms with Crippen LogP contribution in [0.5, 0.6) is 5.75 Å². The van der Waals surface area contributed by atoms with E-state index >= 15 is 0 Å². The molecule has 1 fully saturated rings. The molecule has 0 aromatic heterocycles. The number of piperazine rings is 1. The van der Waals surface area contributed by atoms with Crippen LogP contribution in [-0.2, 0) is 14.3 Å². The first-order valence-electron chi connectivity index (χ1n) is 7.12. The zero-order chi connectivity index (χ0) is 17.7. The molecule has 1 unspecified atom stereocenters. The maximum atomic E-state index is 12.6. The Kier molecular flexibility index (Phi) is 5.67. The van der Waals surface area contributed by atoms with Crippen LogP contribution in [0.4, 0.5) is 8.78 Å². The lowest BCUT2D eigenvalue weighted by molar-refractivity contribution is -0.145. The number of benzene rings is 1. The molecule has 1 aliphatic heterocycles. The van der Waals surface area contributed by atoms with Crippen molar-refractivity contribution in [2.75, 3.05) is 20.2 Å². The van der Waals surface area contributed by atoms with E-state index in [0.29, 0.717) is 0 Å². The van der Waals surface area contributed by atoms with Crippen molar-refractivity contribution in [2.24, 2.45) is 0 Å². The highest BCUT2D eigenvalue weighted by Crippen LogP contribution is 2.20. The van der Waals surface area contributed by atoms with Gasteiger partial charge in [0.05, 0.1) is 13.5 Å². The van der Waals surface area contributed by atoms with Gasteiger partial charge >= 0.3 is 12.6 Å². The van der Waals surface area contributed by atoms with Crippen LogP contribution in [0.2, 0.25) is 0 Å². The van der Waals surface area contributed by atoms with Gasteiger partial charge in [-0.3, -0.25) is 14.4 Å². The van der Waals surface area contributed by atoms with Crippen molar-refractivity contribution in [3.05, 3.63) is 29.8 Å². The summed E-state index contributed by atoms with van der Waals surface area (Å²) in [6.45, 7) is -2.59. The summed E-state index contributed by atoms with van der Waals surface area (Å²) in [5.74, 6) is -1.83.